The molecule has 2 unspecified atom stereocenters. The lowest BCUT2D eigenvalue weighted by Gasteiger charge is -2.34. The molecule has 0 bridgehead atoms. The van der Waals surface area contributed by atoms with Gasteiger partial charge in [-0.3, -0.25) is 9.59 Å². The number of amides is 1. The molecular formula is C19H27N3O3. The molecule has 0 aliphatic carbocycles. The summed E-state index contributed by atoms with van der Waals surface area (Å²) >= 11 is 0. The summed E-state index contributed by atoms with van der Waals surface area (Å²) in [6.45, 7) is 4.92. The van der Waals surface area contributed by atoms with Crippen LogP contribution in [-0.4, -0.2) is 53.0 Å². The average Bonchev–Trinajstić information content (AvgIpc) is 2.90. The molecule has 2 aliphatic heterocycles. The zero-order valence-corrected chi connectivity index (χ0v) is 14.9. The highest BCUT2D eigenvalue weighted by molar-refractivity contribution is 5.94. The van der Waals surface area contributed by atoms with Gasteiger partial charge in [-0.2, -0.15) is 0 Å². The van der Waals surface area contributed by atoms with Crippen LogP contribution < -0.4 is 4.90 Å². The minimum Gasteiger partial charge on any atom is -0.481 e. The molecule has 2 aliphatic rings. The first-order valence-corrected chi connectivity index (χ1v) is 9.27. The van der Waals surface area contributed by atoms with Gasteiger partial charge < -0.3 is 14.9 Å². The van der Waals surface area contributed by atoms with E-state index in [2.05, 4.69) is 9.88 Å². The summed E-state index contributed by atoms with van der Waals surface area (Å²) in [5.41, 5.74) is 0.539. The molecular weight excluding hydrogens is 318 g/mol. The second kappa shape index (κ2) is 7.85. The quantitative estimate of drug-likeness (QED) is 0.912. The lowest BCUT2D eigenvalue weighted by atomic mass is 9.90. The molecule has 1 aromatic rings. The summed E-state index contributed by atoms with van der Waals surface area (Å²) in [5, 5.41) is 9.27. The lowest BCUT2D eigenvalue weighted by molar-refractivity contribution is -0.143. The molecule has 0 saturated carbocycles. The molecule has 0 spiro atoms. The van der Waals surface area contributed by atoms with Gasteiger partial charge in [-0.15, -0.1) is 0 Å². The molecule has 0 radical (unpaired) electrons. The largest absolute Gasteiger partial charge is 0.481 e. The Hall–Kier alpha value is -2.11. The van der Waals surface area contributed by atoms with Gasteiger partial charge >= 0.3 is 5.97 Å². The number of likely N-dealkylation sites (tertiary alicyclic amines) is 1. The second-order valence-electron chi connectivity index (χ2n) is 7.39. The van der Waals surface area contributed by atoms with E-state index >= 15 is 0 Å². The Labute approximate surface area is 148 Å². The van der Waals surface area contributed by atoms with Crippen molar-refractivity contribution >= 4 is 17.7 Å². The van der Waals surface area contributed by atoms with E-state index in [0.29, 0.717) is 18.5 Å². The van der Waals surface area contributed by atoms with Crippen LogP contribution in [0, 0.1) is 11.8 Å². The van der Waals surface area contributed by atoms with Gasteiger partial charge in [0.15, 0.2) is 0 Å². The van der Waals surface area contributed by atoms with Crippen molar-refractivity contribution in [2.45, 2.75) is 39.0 Å². The fraction of sp³-hybridized carbons (Fsp3) is 0.632. The van der Waals surface area contributed by atoms with Crippen LogP contribution >= 0.6 is 0 Å². The molecule has 3 heterocycles. The van der Waals surface area contributed by atoms with Gasteiger partial charge in [0, 0.05) is 32.4 Å². The van der Waals surface area contributed by atoms with Crippen LogP contribution in [0.15, 0.2) is 18.3 Å². The number of aliphatic carboxylic acids is 1. The lowest BCUT2D eigenvalue weighted by Crippen LogP contribution is -2.45. The van der Waals surface area contributed by atoms with Crippen molar-refractivity contribution < 1.29 is 14.7 Å². The first-order chi connectivity index (χ1) is 12.0. The molecule has 25 heavy (non-hydrogen) atoms. The number of anilines is 1. The van der Waals surface area contributed by atoms with Crippen molar-refractivity contribution in [2.24, 2.45) is 11.8 Å². The Balaban J connectivity index is 1.68. The number of aromatic nitrogens is 1. The minimum absolute atomic E-state index is 0.118. The highest BCUT2D eigenvalue weighted by Gasteiger charge is 2.32. The summed E-state index contributed by atoms with van der Waals surface area (Å²) in [4.78, 5) is 32.5. The fourth-order valence-electron chi connectivity index (χ4n) is 3.88. The van der Waals surface area contributed by atoms with Crippen molar-refractivity contribution in [3.8, 4) is 0 Å². The number of pyridine rings is 1. The summed E-state index contributed by atoms with van der Waals surface area (Å²) in [6.07, 6.45) is 7.17. The van der Waals surface area contributed by atoms with Gasteiger partial charge in [-0.25, -0.2) is 4.98 Å². The summed E-state index contributed by atoms with van der Waals surface area (Å²) < 4.78 is 0. The molecule has 2 atom stereocenters. The van der Waals surface area contributed by atoms with Crippen LogP contribution in [0.25, 0.3) is 0 Å². The molecule has 0 aromatic carbocycles. The maximum atomic E-state index is 12.7. The predicted octanol–water partition coefficient (Wildman–Crippen LogP) is 2.64. The summed E-state index contributed by atoms with van der Waals surface area (Å²) in [6, 6.07) is 3.74. The van der Waals surface area contributed by atoms with Crippen molar-refractivity contribution in [1.82, 2.24) is 9.88 Å². The summed E-state index contributed by atoms with van der Waals surface area (Å²) in [5.74, 6) is -0.291. The topological polar surface area (TPSA) is 73.7 Å². The number of carbonyl (C=O) groups is 2. The Morgan fingerprint density at radius 2 is 1.84 bits per heavy atom. The van der Waals surface area contributed by atoms with Crippen LogP contribution in [0.1, 0.15) is 49.4 Å². The van der Waals surface area contributed by atoms with Gasteiger partial charge in [0.05, 0.1) is 11.5 Å². The van der Waals surface area contributed by atoms with Gasteiger partial charge in [-0.05, 0) is 37.3 Å². The van der Waals surface area contributed by atoms with Crippen molar-refractivity contribution in [1.29, 1.82) is 0 Å². The van der Waals surface area contributed by atoms with Crippen LogP contribution in [0.4, 0.5) is 5.82 Å². The van der Waals surface area contributed by atoms with Crippen LogP contribution in [-0.2, 0) is 4.79 Å². The zero-order valence-electron chi connectivity index (χ0n) is 14.9. The molecule has 1 N–H and O–H groups in total. The van der Waals surface area contributed by atoms with Crippen molar-refractivity contribution in [3.05, 3.63) is 23.9 Å². The normalized spacial score (nSPS) is 24.7. The standard InChI is InChI=1S/C19H27N3O3/c1-14-10-16(19(24)25)13-22(12-14)18(23)15-6-7-17(20-11-15)21-8-4-2-3-5-9-21/h6-7,11,14,16H,2-5,8-10,12-13H2,1H3,(H,24,25). The Bertz CT molecular complexity index is 609. The number of rotatable bonds is 3. The van der Waals surface area contributed by atoms with Crippen LogP contribution in [0.3, 0.4) is 0 Å². The molecule has 2 saturated heterocycles. The monoisotopic (exact) mass is 345 g/mol. The van der Waals surface area contributed by atoms with E-state index in [1.54, 1.807) is 11.1 Å². The number of nitrogens with zero attached hydrogens (tertiary/aromatic N) is 3. The van der Waals surface area contributed by atoms with Crippen molar-refractivity contribution in [3.63, 3.8) is 0 Å². The first kappa shape index (κ1) is 17.7. The van der Waals surface area contributed by atoms with Gasteiger partial charge in [0.1, 0.15) is 5.82 Å². The third-order valence-electron chi connectivity index (χ3n) is 5.22. The molecule has 1 aromatic heterocycles. The molecule has 1 amide bonds. The molecule has 2 fully saturated rings. The number of piperidine rings is 1. The predicted molar refractivity (Wildman–Crippen MR) is 95.7 cm³/mol. The number of carboxylic acid groups (broad SMARTS) is 1. The maximum absolute atomic E-state index is 12.7. The van der Waals surface area contributed by atoms with E-state index in [0.717, 1.165) is 18.9 Å². The zero-order chi connectivity index (χ0) is 17.8. The van der Waals surface area contributed by atoms with E-state index in [4.69, 9.17) is 0 Å². The summed E-state index contributed by atoms with van der Waals surface area (Å²) in [7, 11) is 0. The van der Waals surface area contributed by atoms with E-state index in [-0.39, 0.29) is 18.4 Å². The molecule has 136 valence electrons. The van der Waals surface area contributed by atoms with Crippen LogP contribution in [0.2, 0.25) is 0 Å². The fourth-order valence-corrected chi connectivity index (χ4v) is 3.88. The highest BCUT2D eigenvalue weighted by atomic mass is 16.4. The second-order valence-corrected chi connectivity index (χ2v) is 7.39. The Morgan fingerprint density at radius 3 is 2.44 bits per heavy atom. The Kier molecular flexibility index (Phi) is 5.56. The van der Waals surface area contributed by atoms with Gasteiger partial charge in [0.25, 0.3) is 5.91 Å². The van der Waals surface area contributed by atoms with Crippen LogP contribution in [0.5, 0.6) is 0 Å². The molecule has 6 heteroatoms. The van der Waals surface area contributed by atoms with E-state index < -0.39 is 11.9 Å². The SMILES string of the molecule is CC1CC(C(=O)O)CN(C(=O)c2ccc(N3CCCCCC3)nc2)C1. The van der Waals surface area contributed by atoms with E-state index in [1.807, 2.05) is 19.1 Å². The highest BCUT2D eigenvalue weighted by Crippen LogP contribution is 2.24. The number of hydrogen-bond donors (Lipinski definition) is 1. The molecule has 3 rings (SSSR count). The van der Waals surface area contributed by atoms with Gasteiger partial charge in [0.2, 0.25) is 0 Å². The van der Waals surface area contributed by atoms with Crippen molar-refractivity contribution in [2.75, 3.05) is 31.1 Å². The van der Waals surface area contributed by atoms with E-state index in [9.17, 15) is 14.7 Å². The first-order valence-electron chi connectivity index (χ1n) is 9.27. The third kappa shape index (κ3) is 4.30. The third-order valence-corrected chi connectivity index (χ3v) is 5.22. The average molecular weight is 345 g/mol. The molecule has 6 nitrogen and oxygen atoms in total. The smallest absolute Gasteiger partial charge is 0.308 e. The number of carboxylic acids is 1. The maximum Gasteiger partial charge on any atom is 0.308 e. The number of carbonyl (C=O) groups excluding carboxylic acids is 1. The minimum atomic E-state index is -0.820. The Morgan fingerprint density at radius 1 is 1.12 bits per heavy atom. The number of hydrogen-bond acceptors (Lipinski definition) is 4. The van der Waals surface area contributed by atoms with Gasteiger partial charge in [-0.1, -0.05) is 19.8 Å². The van der Waals surface area contributed by atoms with E-state index in [1.165, 1.54) is 25.7 Å².